The van der Waals surface area contributed by atoms with Crippen LogP contribution in [0.5, 0.6) is 0 Å². The highest BCUT2D eigenvalue weighted by molar-refractivity contribution is 5.91. The SMILES string of the molecule is CC(O)(CNC(=O)Nc1ccccc1C(C)(C)C)C(=O)O. The van der Waals surface area contributed by atoms with Gasteiger partial charge in [-0.05, 0) is 24.0 Å². The van der Waals surface area contributed by atoms with Crippen molar-refractivity contribution in [2.45, 2.75) is 38.7 Å². The Hall–Kier alpha value is -2.08. The Morgan fingerprint density at radius 2 is 1.71 bits per heavy atom. The highest BCUT2D eigenvalue weighted by Gasteiger charge is 2.30. The van der Waals surface area contributed by atoms with E-state index in [0.717, 1.165) is 12.5 Å². The van der Waals surface area contributed by atoms with E-state index in [0.29, 0.717) is 5.69 Å². The molecular weight excluding hydrogens is 272 g/mol. The van der Waals surface area contributed by atoms with Crippen molar-refractivity contribution in [2.75, 3.05) is 11.9 Å². The summed E-state index contributed by atoms with van der Waals surface area (Å²) >= 11 is 0. The van der Waals surface area contributed by atoms with Crippen LogP contribution >= 0.6 is 0 Å². The number of carboxylic acids is 1. The van der Waals surface area contributed by atoms with Crippen molar-refractivity contribution in [1.29, 1.82) is 0 Å². The number of rotatable bonds is 4. The summed E-state index contributed by atoms with van der Waals surface area (Å²) in [6.45, 7) is 6.83. The van der Waals surface area contributed by atoms with Crippen molar-refractivity contribution in [3.63, 3.8) is 0 Å². The van der Waals surface area contributed by atoms with E-state index in [1.54, 1.807) is 12.1 Å². The molecule has 1 atom stereocenters. The van der Waals surface area contributed by atoms with Crippen LogP contribution in [0.2, 0.25) is 0 Å². The Bertz CT molecular complexity index is 533. The van der Waals surface area contributed by atoms with Gasteiger partial charge >= 0.3 is 12.0 Å². The smallest absolute Gasteiger partial charge is 0.337 e. The van der Waals surface area contributed by atoms with Crippen molar-refractivity contribution < 1.29 is 19.8 Å². The number of nitrogens with one attached hydrogen (secondary N) is 2. The molecule has 21 heavy (non-hydrogen) atoms. The Balaban J connectivity index is 2.75. The van der Waals surface area contributed by atoms with Crippen LogP contribution in [0.25, 0.3) is 0 Å². The predicted octanol–water partition coefficient (Wildman–Crippen LogP) is 1.94. The van der Waals surface area contributed by atoms with Gasteiger partial charge in [-0.25, -0.2) is 9.59 Å². The number of para-hydroxylation sites is 1. The first-order valence-electron chi connectivity index (χ1n) is 6.64. The number of aliphatic hydroxyl groups is 1. The molecule has 0 aliphatic heterocycles. The number of carboxylic acid groups (broad SMARTS) is 1. The van der Waals surface area contributed by atoms with Crippen molar-refractivity contribution in [3.05, 3.63) is 29.8 Å². The fourth-order valence-corrected chi connectivity index (χ4v) is 1.74. The van der Waals surface area contributed by atoms with Crippen molar-refractivity contribution >= 4 is 17.7 Å². The summed E-state index contributed by atoms with van der Waals surface area (Å²) in [7, 11) is 0. The number of benzene rings is 1. The topological polar surface area (TPSA) is 98.7 Å². The van der Waals surface area contributed by atoms with E-state index >= 15 is 0 Å². The molecular formula is C15H22N2O4. The van der Waals surface area contributed by atoms with E-state index in [4.69, 9.17) is 5.11 Å². The number of hydrogen-bond acceptors (Lipinski definition) is 3. The van der Waals surface area contributed by atoms with Crippen LogP contribution in [0, 0.1) is 0 Å². The average molecular weight is 294 g/mol. The minimum atomic E-state index is -2.00. The van der Waals surface area contributed by atoms with Gasteiger partial charge in [0.25, 0.3) is 0 Å². The van der Waals surface area contributed by atoms with Crippen LogP contribution in [-0.2, 0) is 10.2 Å². The molecule has 1 aromatic rings. The lowest BCUT2D eigenvalue weighted by Gasteiger charge is -2.23. The molecule has 6 nitrogen and oxygen atoms in total. The summed E-state index contributed by atoms with van der Waals surface area (Å²) in [6.07, 6.45) is 0. The van der Waals surface area contributed by atoms with Crippen LogP contribution in [0.3, 0.4) is 0 Å². The zero-order chi connectivity index (χ0) is 16.3. The fourth-order valence-electron chi connectivity index (χ4n) is 1.74. The summed E-state index contributed by atoms with van der Waals surface area (Å²) in [6, 6.07) is 6.82. The number of carbonyl (C=O) groups excluding carboxylic acids is 1. The van der Waals surface area contributed by atoms with Gasteiger partial charge in [-0.15, -0.1) is 0 Å². The summed E-state index contributed by atoms with van der Waals surface area (Å²) in [5.41, 5.74) is -0.528. The lowest BCUT2D eigenvalue weighted by molar-refractivity contribution is -0.155. The molecule has 0 fully saturated rings. The monoisotopic (exact) mass is 294 g/mol. The van der Waals surface area contributed by atoms with Crippen molar-refractivity contribution in [2.24, 2.45) is 0 Å². The summed E-state index contributed by atoms with van der Waals surface area (Å²) in [5.74, 6) is -1.39. The third kappa shape index (κ3) is 4.75. The second-order valence-corrected chi connectivity index (χ2v) is 6.18. The molecule has 0 aliphatic rings. The standard InChI is InChI=1S/C15H22N2O4/c1-14(2,3)10-7-5-6-8-11(10)17-13(20)16-9-15(4,21)12(18)19/h5-8,21H,9H2,1-4H3,(H,18,19)(H2,16,17,20). The summed E-state index contributed by atoms with van der Waals surface area (Å²) < 4.78 is 0. The number of hydrogen-bond donors (Lipinski definition) is 4. The van der Waals surface area contributed by atoms with Gasteiger partial charge in [0.2, 0.25) is 0 Å². The molecule has 0 aliphatic carbocycles. The average Bonchev–Trinajstić information content (AvgIpc) is 2.35. The van der Waals surface area contributed by atoms with Gasteiger partial charge in [-0.3, -0.25) is 0 Å². The maximum atomic E-state index is 11.8. The van der Waals surface area contributed by atoms with E-state index in [-0.39, 0.29) is 12.0 Å². The minimum absolute atomic E-state index is 0.142. The van der Waals surface area contributed by atoms with Crippen LogP contribution < -0.4 is 10.6 Å². The molecule has 1 aromatic carbocycles. The molecule has 0 aromatic heterocycles. The van der Waals surface area contributed by atoms with Gasteiger partial charge in [0.05, 0.1) is 6.54 Å². The van der Waals surface area contributed by atoms with E-state index < -0.39 is 17.6 Å². The molecule has 4 N–H and O–H groups in total. The predicted molar refractivity (Wildman–Crippen MR) is 80.4 cm³/mol. The van der Waals surface area contributed by atoms with Crippen LogP contribution in [0.1, 0.15) is 33.3 Å². The highest BCUT2D eigenvalue weighted by Crippen LogP contribution is 2.29. The Morgan fingerprint density at radius 3 is 2.24 bits per heavy atom. The first-order chi connectivity index (χ1) is 9.54. The van der Waals surface area contributed by atoms with Crippen LogP contribution in [0.15, 0.2) is 24.3 Å². The number of urea groups is 1. The quantitative estimate of drug-likeness (QED) is 0.682. The van der Waals surface area contributed by atoms with Gasteiger partial charge in [-0.2, -0.15) is 0 Å². The first-order valence-corrected chi connectivity index (χ1v) is 6.64. The molecule has 1 rings (SSSR count). The van der Waals surface area contributed by atoms with Crippen LogP contribution in [-0.4, -0.2) is 34.4 Å². The lowest BCUT2D eigenvalue weighted by Crippen LogP contribution is -2.47. The largest absolute Gasteiger partial charge is 0.479 e. The maximum Gasteiger partial charge on any atom is 0.337 e. The Kier molecular flexibility index (Phi) is 4.96. The zero-order valence-electron chi connectivity index (χ0n) is 12.7. The van der Waals surface area contributed by atoms with Crippen molar-refractivity contribution in [3.8, 4) is 0 Å². The molecule has 6 heteroatoms. The molecule has 0 bridgehead atoms. The van der Waals surface area contributed by atoms with E-state index in [9.17, 15) is 14.7 Å². The summed E-state index contributed by atoms with van der Waals surface area (Å²) in [4.78, 5) is 22.6. The number of anilines is 1. The lowest BCUT2D eigenvalue weighted by atomic mass is 9.86. The van der Waals surface area contributed by atoms with Gasteiger partial charge < -0.3 is 20.8 Å². The molecule has 0 saturated heterocycles. The van der Waals surface area contributed by atoms with Crippen molar-refractivity contribution in [1.82, 2.24) is 5.32 Å². The molecule has 116 valence electrons. The fraction of sp³-hybridized carbons (Fsp3) is 0.467. The number of amides is 2. The first kappa shape index (κ1) is 17.0. The minimum Gasteiger partial charge on any atom is -0.479 e. The number of aliphatic carboxylic acids is 1. The second kappa shape index (κ2) is 6.13. The number of carbonyl (C=O) groups is 2. The third-order valence-electron chi connectivity index (χ3n) is 3.04. The van der Waals surface area contributed by atoms with E-state index in [1.165, 1.54) is 0 Å². The van der Waals surface area contributed by atoms with E-state index in [1.807, 2.05) is 32.9 Å². The molecule has 0 heterocycles. The molecule has 0 spiro atoms. The molecule has 0 radical (unpaired) electrons. The van der Waals surface area contributed by atoms with Gasteiger partial charge in [0, 0.05) is 5.69 Å². The Labute approximate surface area is 124 Å². The van der Waals surface area contributed by atoms with Gasteiger partial charge in [0.15, 0.2) is 5.60 Å². The molecule has 2 amide bonds. The highest BCUT2D eigenvalue weighted by atomic mass is 16.4. The molecule has 1 unspecified atom stereocenters. The maximum absolute atomic E-state index is 11.8. The van der Waals surface area contributed by atoms with E-state index in [2.05, 4.69) is 10.6 Å². The molecule has 0 saturated carbocycles. The second-order valence-electron chi connectivity index (χ2n) is 6.18. The third-order valence-corrected chi connectivity index (χ3v) is 3.04. The summed E-state index contributed by atoms with van der Waals surface area (Å²) in [5, 5.41) is 23.3. The Morgan fingerprint density at radius 1 is 1.14 bits per heavy atom. The van der Waals surface area contributed by atoms with Gasteiger partial charge in [-0.1, -0.05) is 39.0 Å². The van der Waals surface area contributed by atoms with Crippen LogP contribution in [0.4, 0.5) is 10.5 Å². The van der Waals surface area contributed by atoms with Gasteiger partial charge in [0.1, 0.15) is 0 Å². The normalized spacial score (nSPS) is 14.1. The zero-order valence-corrected chi connectivity index (χ0v) is 12.7.